The van der Waals surface area contributed by atoms with E-state index in [2.05, 4.69) is 91.0 Å². The Morgan fingerprint density at radius 2 is 1.07 bits per heavy atom. The second-order valence-corrected chi connectivity index (χ2v) is 13.6. The summed E-state index contributed by atoms with van der Waals surface area (Å²) in [5, 5.41) is 6.91. The van der Waals surface area contributed by atoms with Gasteiger partial charge in [-0.15, -0.1) is 0 Å². The second-order valence-electron chi connectivity index (χ2n) is 13.6. The number of pyridine rings is 1. The average Bonchev–Trinajstić information content (AvgIpc) is 2.95. The van der Waals surface area contributed by atoms with Gasteiger partial charge in [0.05, 0.1) is 23.5 Å². The van der Waals surface area contributed by atoms with Gasteiger partial charge in [0.15, 0.2) is 0 Å². The minimum Gasteiger partial charge on any atom is -0.344 e. The molecule has 2 aromatic carbocycles. The third kappa shape index (κ3) is 7.58. The Kier molecular flexibility index (Phi) is 11.5. The van der Waals surface area contributed by atoms with E-state index in [0.717, 1.165) is 50.3 Å². The first kappa shape index (κ1) is 35.0. The van der Waals surface area contributed by atoms with Crippen molar-refractivity contribution in [3.8, 4) is 0 Å². The Bertz CT molecular complexity index is 1420. The monoisotopic (exact) mass is 598 g/mol. The van der Waals surface area contributed by atoms with Gasteiger partial charge in [0.2, 0.25) is 0 Å². The summed E-state index contributed by atoms with van der Waals surface area (Å²) in [7, 11) is 3.80. The van der Waals surface area contributed by atoms with Crippen LogP contribution in [0.1, 0.15) is 165 Å². The number of aromatic nitrogens is 1. The number of carbonyl (C=O) groups is 2. The number of aryl methyl sites for hydroxylation is 1. The molecule has 6 heteroatoms. The van der Waals surface area contributed by atoms with Crippen LogP contribution in [0.5, 0.6) is 0 Å². The topological polar surface area (TPSA) is 65.5 Å². The van der Waals surface area contributed by atoms with E-state index < -0.39 is 0 Å². The number of benzene rings is 2. The van der Waals surface area contributed by atoms with E-state index in [-0.39, 0.29) is 47.6 Å². The molecule has 1 aromatic heterocycles. The quantitative estimate of drug-likeness (QED) is 0.224. The Morgan fingerprint density at radius 1 is 0.659 bits per heavy atom. The molecular weight excluding hydrogens is 544 g/mol. The lowest BCUT2D eigenvalue weighted by atomic mass is 9.88. The number of nitrogens with zero attached hydrogens (tertiary/aromatic N) is 3. The molecular formula is C38H54N4O2. The van der Waals surface area contributed by atoms with Gasteiger partial charge in [-0.25, -0.2) is 5.01 Å². The van der Waals surface area contributed by atoms with E-state index in [1.807, 2.05) is 58.1 Å². The van der Waals surface area contributed by atoms with E-state index in [4.69, 9.17) is 4.98 Å². The van der Waals surface area contributed by atoms with Crippen molar-refractivity contribution in [1.82, 2.24) is 20.3 Å². The van der Waals surface area contributed by atoms with Crippen LogP contribution in [-0.4, -0.2) is 40.9 Å². The van der Waals surface area contributed by atoms with Crippen molar-refractivity contribution in [3.05, 3.63) is 98.9 Å². The van der Waals surface area contributed by atoms with E-state index in [1.165, 1.54) is 0 Å². The summed E-state index contributed by atoms with van der Waals surface area (Å²) in [6, 6.07) is 15.7. The number of rotatable bonds is 11. The molecule has 0 bridgehead atoms. The third-order valence-electron chi connectivity index (χ3n) is 8.42. The summed E-state index contributed by atoms with van der Waals surface area (Å²) < 4.78 is 0. The van der Waals surface area contributed by atoms with Gasteiger partial charge in [-0.3, -0.25) is 19.6 Å². The van der Waals surface area contributed by atoms with Gasteiger partial charge in [0.1, 0.15) is 0 Å². The zero-order chi connectivity index (χ0) is 33.0. The van der Waals surface area contributed by atoms with Gasteiger partial charge in [0, 0.05) is 25.2 Å². The number of amides is 2. The van der Waals surface area contributed by atoms with E-state index in [9.17, 15) is 9.59 Å². The molecule has 3 aromatic rings. The van der Waals surface area contributed by atoms with E-state index >= 15 is 0 Å². The molecule has 0 aliphatic rings. The maximum Gasteiger partial charge on any atom is 0.269 e. The maximum absolute atomic E-state index is 14.4. The third-order valence-corrected chi connectivity index (χ3v) is 8.42. The Labute approximate surface area is 266 Å². The van der Waals surface area contributed by atoms with Gasteiger partial charge in [-0.05, 0) is 84.4 Å². The normalized spacial score (nSPS) is 13.2. The standard InChI is InChI=1S/C38H54N4O2/c1-22(2)29-16-14-17-30(23(3)4)35(29)37(43)39-27(10)33-20-26(9)21-34(40-33)28(11)42(41(12)13)38(44)36-31(24(5)6)18-15-19-32(36)25(7)8/h14-25,27-28H,1-13H3,(H,39,43). The lowest BCUT2D eigenvalue weighted by Crippen LogP contribution is -2.44. The van der Waals surface area contributed by atoms with E-state index in [0.29, 0.717) is 0 Å². The van der Waals surface area contributed by atoms with Gasteiger partial charge < -0.3 is 5.32 Å². The van der Waals surface area contributed by atoms with Gasteiger partial charge in [0.25, 0.3) is 11.8 Å². The van der Waals surface area contributed by atoms with Crippen molar-refractivity contribution in [2.45, 2.75) is 112 Å². The molecule has 2 unspecified atom stereocenters. The molecule has 44 heavy (non-hydrogen) atoms. The van der Waals surface area contributed by atoms with Gasteiger partial charge in [-0.1, -0.05) is 91.8 Å². The van der Waals surface area contributed by atoms with Crippen LogP contribution in [-0.2, 0) is 0 Å². The molecule has 0 saturated heterocycles. The first-order chi connectivity index (χ1) is 20.6. The molecule has 0 aliphatic heterocycles. The number of nitrogens with one attached hydrogen (secondary N) is 1. The summed E-state index contributed by atoms with van der Waals surface area (Å²) in [4.78, 5) is 33.3. The van der Waals surface area contributed by atoms with E-state index in [1.54, 1.807) is 5.01 Å². The van der Waals surface area contributed by atoms with Gasteiger partial charge >= 0.3 is 0 Å². The number of hydrazine groups is 1. The number of hydrogen-bond donors (Lipinski definition) is 1. The van der Waals surface area contributed by atoms with Crippen LogP contribution < -0.4 is 5.32 Å². The molecule has 6 nitrogen and oxygen atoms in total. The molecule has 2 amide bonds. The first-order valence-corrected chi connectivity index (χ1v) is 16.1. The molecule has 3 rings (SSSR count). The molecule has 2 atom stereocenters. The number of carbonyl (C=O) groups excluding carboxylic acids is 2. The zero-order valence-corrected chi connectivity index (χ0v) is 29.2. The first-order valence-electron chi connectivity index (χ1n) is 16.1. The lowest BCUT2D eigenvalue weighted by Gasteiger charge is -2.36. The van der Waals surface area contributed by atoms with Gasteiger partial charge in [-0.2, -0.15) is 0 Å². The van der Waals surface area contributed by atoms with Crippen LogP contribution in [0.4, 0.5) is 0 Å². The highest BCUT2D eigenvalue weighted by Crippen LogP contribution is 2.33. The SMILES string of the molecule is Cc1cc(C(C)NC(=O)c2c(C(C)C)cccc2C(C)C)nc(C(C)N(C(=O)c2c(C(C)C)cccc2C(C)C)N(C)C)c1. The summed E-state index contributed by atoms with van der Waals surface area (Å²) >= 11 is 0. The molecule has 0 spiro atoms. The fourth-order valence-corrected chi connectivity index (χ4v) is 6.06. The number of hydrogen-bond acceptors (Lipinski definition) is 4. The van der Waals surface area contributed by atoms with Crippen LogP contribution in [0.25, 0.3) is 0 Å². The van der Waals surface area contributed by atoms with Crippen molar-refractivity contribution in [3.63, 3.8) is 0 Å². The Morgan fingerprint density at radius 3 is 1.48 bits per heavy atom. The summed E-state index contributed by atoms with van der Waals surface area (Å²) in [5.41, 5.74) is 8.32. The Balaban J connectivity index is 2.01. The molecule has 0 aliphatic carbocycles. The lowest BCUT2D eigenvalue weighted by molar-refractivity contribution is -0.00265. The zero-order valence-electron chi connectivity index (χ0n) is 29.2. The molecule has 1 heterocycles. The molecule has 0 saturated carbocycles. The van der Waals surface area contributed by atoms with Crippen LogP contribution >= 0.6 is 0 Å². The van der Waals surface area contributed by atoms with Crippen LogP contribution in [0, 0.1) is 6.92 Å². The van der Waals surface area contributed by atoms with Crippen LogP contribution in [0.3, 0.4) is 0 Å². The smallest absolute Gasteiger partial charge is 0.269 e. The predicted molar refractivity (Wildman–Crippen MR) is 182 cm³/mol. The van der Waals surface area contributed by atoms with Crippen molar-refractivity contribution in [2.75, 3.05) is 14.1 Å². The molecule has 0 radical (unpaired) electrons. The van der Waals surface area contributed by atoms with Crippen molar-refractivity contribution >= 4 is 11.8 Å². The molecule has 238 valence electrons. The Hall–Kier alpha value is -3.51. The van der Waals surface area contributed by atoms with Crippen LogP contribution in [0.2, 0.25) is 0 Å². The highest BCUT2D eigenvalue weighted by atomic mass is 16.2. The molecule has 1 N–H and O–H groups in total. The highest BCUT2D eigenvalue weighted by Gasteiger charge is 2.31. The van der Waals surface area contributed by atoms with Crippen molar-refractivity contribution in [1.29, 1.82) is 0 Å². The maximum atomic E-state index is 14.4. The average molecular weight is 599 g/mol. The highest BCUT2D eigenvalue weighted by molar-refractivity contribution is 5.98. The largest absolute Gasteiger partial charge is 0.344 e. The summed E-state index contributed by atoms with van der Waals surface area (Å²) in [6.45, 7) is 23.0. The fraction of sp³-hybridized carbons (Fsp3) is 0.500. The fourth-order valence-electron chi connectivity index (χ4n) is 6.06. The predicted octanol–water partition coefficient (Wildman–Crippen LogP) is 9.05. The minimum atomic E-state index is -0.339. The second kappa shape index (κ2) is 14.5. The minimum absolute atomic E-state index is 0.0341. The summed E-state index contributed by atoms with van der Waals surface area (Å²) in [5.74, 6) is 0.740. The van der Waals surface area contributed by atoms with Crippen molar-refractivity contribution < 1.29 is 9.59 Å². The van der Waals surface area contributed by atoms with Crippen LogP contribution in [0.15, 0.2) is 48.5 Å². The molecule has 0 fully saturated rings. The van der Waals surface area contributed by atoms with Crippen molar-refractivity contribution in [2.24, 2.45) is 0 Å². The summed E-state index contributed by atoms with van der Waals surface area (Å²) in [6.07, 6.45) is 0.